The molecule has 1 aliphatic carbocycles. The molecule has 4 nitrogen and oxygen atoms in total. The minimum atomic E-state index is -4.11. The Balaban J connectivity index is 1.62. The predicted molar refractivity (Wildman–Crippen MR) is 77.4 cm³/mol. The van der Waals surface area contributed by atoms with Gasteiger partial charge < -0.3 is 10.0 Å². The van der Waals surface area contributed by atoms with E-state index in [1.807, 2.05) is 4.90 Å². The molecule has 0 bridgehead atoms. The number of carbonyl (C=O) groups is 1. The van der Waals surface area contributed by atoms with E-state index in [1.54, 1.807) is 18.2 Å². The fraction of sp³-hybridized carbons (Fsp3) is 0.375. The molecule has 2 fully saturated rings. The molecule has 120 valence electrons. The van der Waals surface area contributed by atoms with Gasteiger partial charge in [0.25, 0.3) is 0 Å². The number of pyridine rings is 1. The zero-order valence-electron chi connectivity index (χ0n) is 11.9. The molecule has 3 atom stereocenters. The van der Waals surface area contributed by atoms with E-state index in [2.05, 4.69) is 4.98 Å². The normalized spacial score (nSPS) is 26.4. The van der Waals surface area contributed by atoms with Gasteiger partial charge in [0.2, 0.25) is 0 Å². The van der Waals surface area contributed by atoms with Crippen molar-refractivity contribution >= 4 is 22.6 Å². The molecule has 1 aromatic carbocycles. The number of carboxylic acids is 1. The quantitative estimate of drug-likeness (QED) is 0.923. The lowest BCUT2D eigenvalue weighted by Crippen LogP contribution is -2.28. The maximum atomic E-state index is 12.7. The Kier molecular flexibility index (Phi) is 2.86. The van der Waals surface area contributed by atoms with Crippen molar-refractivity contribution in [1.82, 2.24) is 4.98 Å². The van der Waals surface area contributed by atoms with Gasteiger partial charge in [-0.05, 0) is 36.1 Å². The van der Waals surface area contributed by atoms with E-state index < -0.39 is 18.1 Å². The number of alkyl halides is 3. The Morgan fingerprint density at radius 3 is 2.52 bits per heavy atom. The third-order valence-corrected chi connectivity index (χ3v) is 4.89. The van der Waals surface area contributed by atoms with Crippen molar-refractivity contribution in [1.29, 1.82) is 0 Å². The number of hydrogen-bond donors (Lipinski definition) is 1. The monoisotopic (exact) mass is 322 g/mol. The number of anilines is 1. The first kappa shape index (κ1) is 14.3. The zero-order valence-corrected chi connectivity index (χ0v) is 11.9. The van der Waals surface area contributed by atoms with Crippen LogP contribution in [0.1, 0.15) is 10.4 Å². The lowest BCUT2D eigenvalue weighted by Gasteiger charge is -2.23. The van der Waals surface area contributed by atoms with Crippen LogP contribution in [0.5, 0.6) is 0 Å². The third-order valence-electron chi connectivity index (χ3n) is 4.89. The number of hydrogen-bond acceptors (Lipinski definition) is 3. The van der Waals surface area contributed by atoms with Crippen LogP contribution in [0.4, 0.5) is 18.9 Å². The molecule has 2 aromatic rings. The summed E-state index contributed by atoms with van der Waals surface area (Å²) in [6.45, 7) is 0.728. The number of benzene rings is 1. The number of aromatic nitrogens is 1. The summed E-state index contributed by atoms with van der Waals surface area (Å²) in [5, 5.41) is 9.75. The average molecular weight is 322 g/mol. The molecule has 0 radical (unpaired) electrons. The maximum absolute atomic E-state index is 12.7. The van der Waals surface area contributed by atoms with E-state index in [0.29, 0.717) is 24.0 Å². The summed E-state index contributed by atoms with van der Waals surface area (Å²) in [6, 6.07) is 6.63. The highest BCUT2D eigenvalue weighted by Gasteiger charge is 2.67. The first-order valence-corrected chi connectivity index (χ1v) is 7.30. The molecule has 1 N–H and O–H groups in total. The van der Waals surface area contributed by atoms with Crippen molar-refractivity contribution in [3.8, 4) is 0 Å². The Morgan fingerprint density at radius 1 is 1.22 bits per heavy atom. The second-order valence-corrected chi connectivity index (χ2v) is 6.17. The van der Waals surface area contributed by atoms with Gasteiger partial charge in [-0.1, -0.05) is 0 Å². The summed E-state index contributed by atoms with van der Waals surface area (Å²) < 4.78 is 38.2. The molecule has 4 rings (SSSR count). The van der Waals surface area contributed by atoms with Crippen molar-refractivity contribution in [2.75, 3.05) is 18.0 Å². The lowest BCUT2D eigenvalue weighted by atomic mass is 10.1. The summed E-state index contributed by atoms with van der Waals surface area (Å²) in [5.74, 6) is -2.89. The minimum Gasteiger partial charge on any atom is -0.478 e. The molecule has 1 aliphatic heterocycles. The van der Waals surface area contributed by atoms with Crippen LogP contribution in [0.3, 0.4) is 0 Å². The van der Waals surface area contributed by atoms with E-state index in [-0.39, 0.29) is 17.4 Å². The summed E-state index contributed by atoms with van der Waals surface area (Å²) in [7, 11) is 0. The standard InChI is InChI=1S/C16H13F3N2O2/c17-16(18,19)14-11-6-21(7-12(11)14)8-1-2-13-10(5-8)9(15(22)23)3-4-20-13/h1-5,11-12,14H,6-7H2,(H,22,23)/t11-,12+,14?. The van der Waals surface area contributed by atoms with Gasteiger partial charge in [0.05, 0.1) is 17.0 Å². The molecule has 23 heavy (non-hydrogen) atoms. The van der Waals surface area contributed by atoms with Gasteiger partial charge >= 0.3 is 12.1 Å². The number of carboxylic acid groups (broad SMARTS) is 1. The van der Waals surface area contributed by atoms with E-state index >= 15 is 0 Å². The molecule has 2 aliphatic rings. The summed E-state index contributed by atoms with van der Waals surface area (Å²) in [5.41, 5.74) is 1.46. The molecule has 1 aromatic heterocycles. The second-order valence-electron chi connectivity index (χ2n) is 6.17. The number of rotatable bonds is 2. The van der Waals surface area contributed by atoms with Crippen LogP contribution < -0.4 is 4.90 Å². The SMILES string of the molecule is O=C(O)c1ccnc2ccc(N3C[C@@H]4C(C(F)(F)F)[C@@H]4C3)cc12. The molecule has 1 saturated heterocycles. The van der Waals surface area contributed by atoms with Crippen LogP contribution in [0.25, 0.3) is 10.9 Å². The number of halogens is 3. The van der Waals surface area contributed by atoms with Crippen molar-refractivity contribution in [2.24, 2.45) is 17.8 Å². The molecule has 2 heterocycles. The molecule has 1 unspecified atom stereocenters. The van der Waals surface area contributed by atoms with Crippen molar-refractivity contribution in [2.45, 2.75) is 6.18 Å². The van der Waals surface area contributed by atoms with Crippen LogP contribution in [0.15, 0.2) is 30.5 Å². The van der Waals surface area contributed by atoms with Crippen LogP contribution in [-0.2, 0) is 0 Å². The van der Waals surface area contributed by atoms with Gasteiger partial charge in [-0.2, -0.15) is 13.2 Å². The predicted octanol–water partition coefficient (Wildman–Crippen LogP) is 3.18. The van der Waals surface area contributed by atoms with E-state index in [4.69, 9.17) is 0 Å². The van der Waals surface area contributed by atoms with Gasteiger partial charge in [0.1, 0.15) is 0 Å². The van der Waals surface area contributed by atoms with Crippen molar-refractivity contribution in [3.63, 3.8) is 0 Å². The van der Waals surface area contributed by atoms with Gasteiger partial charge in [-0.3, -0.25) is 4.98 Å². The molecule has 7 heteroatoms. The highest BCUT2D eigenvalue weighted by atomic mass is 19.4. The van der Waals surface area contributed by atoms with E-state index in [0.717, 1.165) is 5.69 Å². The number of piperidine rings is 1. The number of nitrogens with zero attached hydrogens (tertiary/aromatic N) is 2. The first-order chi connectivity index (χ1) is 10.9. The topological polar surface area (TPSA) is 53.4 Å². The molecular weight excluding hydrogens is 309 g/mol. The zero-order chi connectivity index (χ0) is 16.4. The lowest BCUT2D eigenvalue weighted by molar-refractivity contribution is -0.154. The van der Waals surface area contributed by atoms with Crippen LogP contribution in [0, 0.1) is 17.8 Å². The van der Waals surface area contributed by atoms with Crippen LogP contribution in [0.2, 0.25) is 0 Å². The van der Waals surface area contributed by atoms with Gasteiger partial charge in [-0.25, -0.2) is 4.79 Å². The van der Waals surface area contributed by atoms with Crippen LogP contribution >= 0.6 is 0 Å². The third kappa shape index (κ3) is 2.22. The molecule has 1 saturated carbocycles. The fourth-order valence-corrected chi connectivity index (χ4v) is 3.74. The smallest absolute Gasteiger partial charge is 0.392 e. The van der Waals surface area contributed by atoms with Crippen molar-refractivity contribution in [3.05, 3.63) is 36.0 Å². The highest BCUT2D eigenvalue weighted by molar-refractivity contribution is 6.03. The first-order valence-electron chi connectivity index (χ1n) is 7.30. The largest absolute Gasteiger partial charge is 0.478 e. The van der Waals surface area contributed by atoms with Crippen molar-refractivity contribution < 1.29 is 23.1 Å². The fourth-order valence-electron chi connectivity index (χ4n) is 3.74. The summed E-state index contributed by atoms with van der Waals surface area (Å²) in [6.07, 6.45) is -2.67. The van der Waals surface area contributed by atoms with Crippen LogP contribution in [-0.4, -0.2) is 35.3 Å². The molecule has 0 amide bonds. The second kappa shape index (κ2) is 4.59. The number of aromatic carboxylic acids is 1. The summed E-state index contributed by atoms with van der Waals surface area (Å²) in [4.78, 5) is 17.3. The van der Waals surface area contributed by atoms with Gasteiger partial charge in [0, 0.05) is 30.4 Å². The Morgan fingerprint density at radius 2 is 1.91 bits per heavy atom. The highest BCUT2D eigenvalue weighted by Crippen LogP contribution is 2.59. The number of fused-ring (bicyclic) bond motifs is 2. The Hall–Kier alpha value is -2.31. The van der Waals surface area contributed by atoms with E-state index in [9.17, 15) is 23.1 Å². The van der Waals surface area contributed by atoms with E-state index in [1.165, 1.54) is 12.3 Å². The molecule has 0 spiro atoms. The Labute approximate surface area is 129 Å². The Bertz CT molecular complexity index is 794. The maximum Gasteiger partial charge on any atom is 0.392 e. The molecular formula is C16H13F3N2O2. The van der Waals surface area contributed by atoms with Gasteiger partial charge in [0.15, 0.2) is 0 Å². The average Bonchev–Trinajstić information content (AvgIpc) is 3.03. The summed E-state index contributed by atoms with van der Waals surface area (Å²) >= 11 is 0. The minimum absolute atomic E-state index is 0.148. The van der Waals surface area contributed by atoms with Gasteiger partial charge in [-0.15, -0.1) is 0 Å².